The van der Waals surface area contributed by atoms with Crippen LogP contribution in [0.25, 0.3) is 0 Å². The summed E-state index contributed by atoms with van der Waals surface area (Å²) >= 11 is 1.65. The Bertz CT molecular complexity index is 660. The number of nitrogens with zero attached hydrogens (tertiary/aromatic N) is 2. The van der Waals surface area contributed by atoms with Crippen molar-refractivity contribution in [1.82, 2.24) is 15.6 Å². The van der Waals surface area contributed by atoms with Crippen LogP contribution in [0.15, 0.2) is 34.8 Å². The third-order valence-electron chi connectivity index (χ3n) is 3.37. The van der Waals surface area contributed by atoms with Gasteiger partial charge in [0.2, 0.25) is 0 Å². The highest BCUT2D eigenvalue weighted by Crippen LogP contribution is 2.14. The number of aromatic nitrogens is 1. The summed E-state index contributed by atoms with van der Waals surface area (Å²) in [5, 5.41) is 6.58. The van der Waals surface area contributed by atoms with Crippen molar-refractivity contribution >= 4 is 41.3 Å². The molecule has 132 valence electrons. The minimum absolute atomic E-state index is 0. The zero-order valence-electron chi connectivity index (χ0n) is 14.5. The highest BCUT2D eigenvalue weighted by molar-refractivity contribution is 14.0. The molecule has 24 heavy (non-hydrogen) atoms. The highest BCUT2D eigenvalue weighted by Gasteiger charge is 2.07. The third kappa shape index (κ3) is 6.64. The number of hydrogen-bond donors (Lipinski definition) is 2. The van der Waals surface area contributed by atoms with Crippen LogP contribution in [-0.2, 0) is 6.54 Å². The van der Waals surface area contributed by atoms with Gasteiger partial charge >= 0.3 is 0 Å². The first-order valence-corrected chi connectivity index (χ1v) is 8.53. The monoisotopic (exact) mass is 460 g/mol. The van der Waals surface area contributed by atoms with Crippen LogP contribution in [0.1, 0.15) is 23.1 Å². The molecule has 0 saturated heterocycles. The summed E-state index contributed by atoms with van der Waals surface area (Å²) in [6.07, 6.45) is 0.0421. The van der Waals surface area contributed by atoms with Crippen LogP contribution >= 0.6 is 35.3 Å². The van der Waals surface area contributed by atoms with Crippen LogP contribution in [0.2, 0.25) is 0 Å². The Morgan fingerprint density at radius 3 is 2.75 bits per heavy atom. The summed E-state index contributed by atoms with van der Waals surface area (Å²) < 4.78 is 5.91. The van der Waals surface area contributed by atoms with Crippen molar-refractivity contribution in [3.63, 3.8) is 0 Å². The van der Waals surface area contributed by atoms with E-state index in [1.807, 2.05) is 37.6 Å². The second kappa shape index (κ2) is 10.5. The average molecular weight is 460 g/mol. The Morgan fingerprint density at radius 1 is 1.33 bits per heavy atom. The third-order valence-corrected chi connectivity index (χ3v) is 4.30. The number of aliphatic imine (C=N–C) groups is 1. The van der Waals surface area contributed by atoms with Gasteiger partial charge in [-0.1, -0.05) is 12.1 Å². The van der Waals surface area contributed by atoms with Crippen molar-refractivity contribution in [2.24, 2.45) is 4.99 Å². The maximum atomic E-state index is 5.91. The maximum absolute atomic E-state index is 5.91. The number of thiazole rings is 1. The molecule has 1 aromatic heterocycles. The molecule has 0 aliphatic carbocycles. The average Bonchev–Trinajstić information content (AvgIpc) is 2.93. The lowest BCUT2D eigenvalue weighted by molar-refractivity contribution is 0.223. The van der Waals surface area contributed by atoms with Gasteiger partial charge in [0.1, 0.15) is 11.9 Å². The molecule has 0 fully saturated rings. The molecule has 0 bridgehead atoms. The molecule has 0 spiro atoms. The minimum atomic E-state index is 0. The van der Waals surface area contributed by atoms with Crippen molar-refractivity contribution in [1.29, 1.82) is 0 Å². The molecular formula is C17H25IN4OS. The van der Waals surface area contributed by atoms with Crippen molar-refractivity contribution in [3.8, 4) is 5.75 Å². The molecule has 2 aromatic rings. The lowest BCUT2D eigenvalue weighted by atomic mass is 10.2. The quantitative estimate of drug-likeness (QED) is 0.394. The summed E-state index contributed by atoms with van der Waals surface area (Å²) in [5.74, 6) is 1.65. The van der Waals surface area contributed by atoms with Crippen LogP contribution in [0.4, 0.5) is 0 Å². The van der Waals surface area contributed by atoms with Gasteiger partial charge in [0.15, 0.2) is 5.96 Å². The summed E-state index contributed by atoms with van der Waals surface area (Å²) in [5.41, 5.74) is 4.12. The number of hydrogen-bond acceptors (Lipinski definition) is 4. The normalized spacial score (nSPS) is 12.2. The van der Waals surface area contributed by atoms with Crippen LogP contribution in [0.5, 0.6) is 5.75 Å². The van der Waals surface area contributed by atoms with Gasteiger partial charge in [-0.3, -0.25) is 4.99 Å². The topological polar surface area (TPSA) is 58.5 Å². The second-order valence-electron chi connectivity index (χ2n) is 5.41. The first-order chi connectivity index (χ1) is 11.1. The van der Waals surface area contributed by atoms with E-state index in [0.29, 0.717) is 6.54 Å². The van der Waals surface area contributed by atoms with E-state index in [-0.39, 0.29) is 30.1 Å². The largest absolute Gasteiger partial charge is 0.489 e. The number of halogens is 1. The Kier molecular flexibility index (Phi) is 9.05. The number of aryl methyl sites for hydroxylation is 2. The van der Waals surface area contributed by atoms with E-state index in [1.54, 1.807) is 18.4 Å². The molecule has 2 rings (SSSR count). The summed E-state index contributed by atoms with van der Waals surface area (Å²) in [7, 11) is 1.76. The lowest BCUT2D eigenvalue weighted by Gasteiger charge is -2.18. The van der Waals surface area contributed by atoms with E-state index in [0.717, 1.165) is 23.9 Å². The van der Waals surface area contributed by atoms with Crippen LogP contribution in [0.3, 0.4) is 0 Å². The van der Waals surface area contributed by atoms with E-state index < -0.39 is 0 Å². The molecular weight excluding hydrogens is 435 g/mol. The molecule has 0 aliphatic heterocycles. The number of nitrogens with one attached hydrogen (secondary N) is 2. The minimum Gasteiger partial charge on any atom is -0.489 e. The van der Waals surface area contributed by atoms with Gasteiger partial charge in [0, 0.05) is 11.9 Å². The zero-order valence-corrected chi connectivity index (χ0v) is 17.6. The summed E-state index contributed by atoms with van der Waals surface area (Å²) in [6, 6.07) is 8.07. The molecule has 0 radical (unpaired) electrons. The van der Waals surface area contributed by atoms with Crippen molar-refractivity contribution < 1.29 is 4.74 Å². The smallest absolute Gasteiger partial charge is 0.191 e. The van der Waals surface area contributed by atoms with Gasteiger partial charge in [-0.05, 0) is 38.5 Å². The van der Waals surface area contributed by atoms with Gasteiger partial charge < -0.3 is 15.4 Å². The van der Waals surface area contributed by atoms with E-state index in [4.69, 9.17) is 4.74 Å². The predicted octanol–water partition coefficient (Wildman–Crippen LogP) is 3.51. The lowest BCUT2D eigenvalue weighted by Crippen LogP contribution is -2.41. The first kappa shape index (κ1) is 20.7. The SMILES string of the molecule is CN=C(NCc1scnc1C)NCC(C)Oc1cccc(C)c1.I. The van der Waals surface area contributed by atoms with Crippen LogP contribution in [0, 0.1) is 13.8 Å². The molecule has 1 unspecified atom stereocenters. The van der Waals surface area contributed by atoms with Gasteiger partial charge in [-0.25, -0.2) is 4.98 Å². The van der Waals surface area contributed by atoms with E-state index in [2.05, 4.69) is 33.6 Å². The van der Waals surface area contributed by atoms with Crippen LogP contribution < -0.4 is 15.4 Å². The fourth-order valence-electron chi connectivity index (χ4n) is 2.08. The molecule has 2 N–H and O–H groups in total. The molecule has 5 nitrogen and oxygen atoms in total. The van der Waals surface area contributed by atoms with Crippen molar-refractivity contribution in [2.45, 2.75) is 33.4 Å². The Hall–Kier alpha value is -1.35. The maximum Gasteiger partial charge on any atom is 0.191 e. The number of rotatable bonds is 6. The molecule has 1 heterocycles. The number of ether oxygens (including phenoxy) is 1. The molecule has 0 saturated carbocycles. The molecule has 0 amide bonds. The Balaban J connectivity index is 0.00000288. The van der Waals surface area contributed by atoms with Gasteiger partial charge in [-0.2, -0.15) is 0 Å². The van der Waals surface area contributed by atoms with Crippen LogP contribution in [-0.4, -0.2) is 30.6 Å². The molecule has 0 aliphatic rings. The van der Waals surface area contributed by atoms with E-state index >= 15 is 0 Å². The number of benzene rings is 1. The first-order valence-electron chi connectivity index (χ1n) is 7.65. The Morgan fingerprint density at radius 2 is 2.12 bits per heavy atom. The summed E-state index contributed by atoms with van der Waals surface area (Å²) in [4.78, 5) is 9.70. The standard InChI is InChI=1S/C17H24N4OS.HI/c1-12-6-5-7-15(8-12)22-13(2)9-19-17(18-4)20-10-16-14(3)21-11-23-16;/h5-8,11,13H,9-10H2,1-4H3,(H2,18,19,20);1H. The van der Waals surface area contributed by atoms with Gasteiger partial charge in [0.25, 0.3) is 0 Å². The van der Waals surface area contributed by atoms with E-state index in [1.165, 1.54) is 10.4 Å². The fourth-order valence-corrected chi connectivity index (χ4v) is 2.80. The molecule has 1 aromatic carbocycles. The number of guanidine groups is 1. The van der Waals surface area contributed by atoms with E-state index in [9.17, 15) is 0 Å². The van der Waals surface area contributed by atoms with Gasteiger partial charge in [-0.15, -0.1) is 35.3 Å². The predicted molar refractivity (Wildman–Crippen MR) is 112 cm³/mol. The highest BCUT2D eigenvalue weighted by atomic mass is 127. The fraction of sp³-hybridized carbons (Fsp3) is 0.412. The second-order valence-corrected chi connectivity index (χ2v) is 6.35. The Labute approximate surface area is 165 Å². The van der Waals surface area contributed by atoms with Crippen molar-refractivity contribution in [3.05, 3.63) is 45.9 Å². The zero-order chi connectivity index (χ0) is 16.7. The van der Waals surface area contributed by atoms with Crippen molar-refractivity contribution in [2.75, 3.05) is 13.6 Å². The summed E-state index contributed by atoms with van der Waals surface area (Å²) in [6.45, 7) is 7.51. The van der Waals surface area contributed by atoms with Gasteiger partial charge in [0.05, 0.1) is 24.3 Å². The molecule has 7 heteroatoms. The molecule has 1 atom stereocenters.